The lowest BCUT2D eigenvalue weighted by Gasteiger charge is -2.07. The molecule has 1 amide bonds. The van der Waals surface area contributed by atoms with Gasteiger partial charge in [0.15, 0.2) is 0 Å². The Kier molecular flexibility index (Phi) is 3.77. The number of nitrogens with zero attached hydrogens (tertiary/aromatic N) is 1. The molecule has 3 heteroatoms. The molecular weight excluding hydrogens is 308 g/mol. The van der Waals surface area contributed by atoms with E-state index in [0.717, 1.165) is 17.8 Å². The molecule has 0 fully saturated rings. The van der Waals surface area contributed by atoms with Crippen LogP contribution in [0.3, 0.4) is 0 Å². The van der Waals surface area contributed by atoms with Gasteiger partial charge in [-0.15, -0.1) is 0 Å². The molecule has 1 N–H and O–H groups in total. The first kappa shape index (κ1) is 15.5. The fourth-order valence-electron chi connectivity index (χ4n) is 3.46. The first-order chi connectivity index (χ1) is 12.2. The molecule has 0 saturated heterocycles. The number of amides is 1. The van der Waals surface area contributed by atoms with Gasteiger partial charge in [0.2, 0.25) is 0 Å². The van der Waals surface area contributed by atoms with Gasteiger partial charge in [0.1, 0.15) is 0 Å². The van der Waals surface area contributed by atoms with Crippen molar-refractivity contribution < 1.29 is 4.79 Å². The van der Waals surface area contributed by atoms with Crippen LogP contribution in [0.15, 0.2) is 66.7 Å². The van der Waals surface area contributed by atoms with E-state index in [4.69, 9.17) is 0 Å². The Hall–Kier alpha value is -3.07. The van der Waals surface area contributed by atoms with Crippen molar-refractivity contribution in [3.05, 3.63) is 77.9 Å². The predicted octanol–water partition coefficient (Wildman–Crippen LogP) is 5.38. The molecule has 0 spiro atoms. The third-order valence-corrected chi connectivity index (χ3v) is 4.63. The zero-order valence-electron chi connectivity index (χ0n) is 14.4. The van der Waals surface area contributed by atoms with Gasteiger partial charge in [-0.3, -0.25) is 4.79 Å². The Bertz CT molecular complexity index is 1090. The van der Waals surface area contributed by atoms with Crippen molar-refractivity contribution in [3.8, 4) is 0 Å². The van der Waals surface area contributed by atoms with Crippen molar-refractivity contribution in [2.45, 2.75) is 20.4 Å². The van der Waals surface area contributed by atoms with Gasteiger partial charge >= 0.3 is 0 Å². The third-order valence-electron chi connectivity index (χ3n) is 4.63. The lowest BCUT2D eigenvalue weighted by atomic mass is 10.1. The number of carbonyl (C=O) groups is 1. The highest BCUT2D eigenvalue weighted by Crippen LogP contribution is 2.31. The Morgan fingerprint density at radius 3 is 2.52 bits per heavy atom. The van der Waals surface area contributed by atoms with Crippen LogP contribution < -0.4 is 5.32 Å². The van der Waals surface area contributed by atoms with Crippen molar-refractivity contribution in [1.29, 1.82) is 0 Å². The number of hydrogen-bond donors (Lipinski definition) is 1. The van der Waals surface area contributed by atoms with Gasteiger partial charge in [0, 0.05) is 39.6 Å². The van der Waals surface area contributed by atoms with Gasteiger partial charge in [0.25, 0.3) is 5.91 Å². The second kappa shape index (κ2) is 6.10. The van der Waals surface area contributed by atoms with E-state index >= 15 is 0 Å². The van der Waals surface area contributed by atoms with Crippen LogP contribution in [0.1, 0.15) is 22.8 Å². The van der Waals surface area contributed by atoms with Crippen LogP contribution in [-0.2, 0) is 6.54 Å². The quantitative estimate of drug-likeness (QED) is 0.538. The Morgan fingerprint density at radius 2 is 1.72 bits per heavy atom. The maximum absolute atomic E-state index is 12.5. The molecule has 25 heavy (non-hydrogen) atoms. The highest BCUT2D eigenvalue weighted by molar-refractivity contribution is 6.11. The summed E-state index contributed by atoms with van der Waals surface area (Å²) in [6.07, 6.45) is 0. The molecule has 124 valence electrons. The summed E-state index contributed by atoms with van der Waals surface area (Å²) < 4.78 is 2.30. The largest absolute Gasteiger partial charge is 0.341 e. The van der Waals surface area contributed by atoms with Gasteiger partial charge in [-0.2, -0.15) is 0 Å². The minimum absolute atomic E-state index is 0.0812. The predicted molar refractivity (Wildman–Crippen MR) is 104 cm³/mol. The molecular formula is C22H20N2O. The van der Waals surface area contributed by atoms with Crippen LogP contribution in [0.2, 0.25) is 0 Å². The molecule has 0 aliphatic rings. The first-order valence-corrected chi connectivity index (χ1v) is 8.56. The van der Waals surface area contributed by atoms with Crippen LogP contribution in [-0.4, -0.2) is 10.5 Å². The topological polar surface area (TPSA) is 34.0 Å². The zero-order valence-corrected chi connectivity index (χ0v) is 14.4. The average Bonchev–Trinajstić information content (AvgIpc) is 2.95. The van der Waals surface area contributed by atoms with Gasteiger partial charge in [0.05, 0.1) is 0 Å². The second-order valence-corrected chi connectivity index (χ2v) is 6.32. The van der Waals surface area contributed by atoms with Crippen LogP contribution in [0.25, 0.3) is 21.8 Å². The average molecular weight is 328 g/mol. The van der Waals surface area contributed by atoms with Crippen molar-refractivity contribution in [2.75, 3.05) is 5.32 Å². The van der Waals surface area contributed by atoms with E-state index in [1.54, 1.807) is 0 Å². The number of aromatic nitrogens is 1. The van der Waals surface area contributed by atoms with Crippen LogP contribution in [0, 0.1) is 6.92 Å². The van der Waals surface area contributed by atoms with E-state index in [-0.39, 0.29) is 5.91 Å². The summed E-state index contributed by atoms with van der Waals surface area (Å²) in [5.74, 6) is -0.0812. The number of para-hydroxylation sites is 1. The third kappa shape index (κ3) is 2.68. The number of benzene rings is 3. The molecule has 4 rings (SSSR count). The molecule has 0 saturated carbocycles. The Balaban J connectivity index is 1.76. The summed E-state index contributed by atoms with van der Waals surface area (Å²) in [5, 5.41) is 5.40. The lowest BCUT2D eigenvalue weighted by molar-refractivity contribution is 0.102. The van der Waals surface area contributed by atoms with E-state index in [1.807, 2.05) is 37.3 Å². The molecule has 1 heterocycles. The summed E-state index contributed by atoms with van der Waals surface area (Å²) >= 11 is 0. The molecule has 0 aliphatic carbocycles. The van der Waals surface area contributed by atoms with Gasteiger partial charge < -0.3 is 9.88 Å². The van der Waals surface area contributed by atoms with Gasteiger partial charge in [-0.05, 0) is 50.2 Å². The van der Waals surface area contributed by atoms with Gasteiger partial charge in [-0.1, -0.05) is 35.9 Å². The fraction of sp³-hybridized carbons (Fsp3) is 0.136. The standard InChI is InChI=1S/C22H20N2O/c1-3-24-20-10-5-4-9-18(20)19-14-17(11-12-21(19)24)23-22(25)16-8-6-7-15(2)13-16/h4-14H,3H2,1-2H3,(H,23,25). The number of aryl methyl sites for hydroxylation is 2. The van der Waals surface area contributed by atoms with E-state index in [1.165, 1.54) is 21.8 Å². The summed E-state index contributed by atoms with van der Waals surface area (Å²) in [4.78, 5) is 12.5. The van der Waals surface area contributed by atoms with Crippen LogP contribution in [0.4, 0.5) is 5.69 Å². The van der Waals surface area contributed by atoms with E-state index in [2.05, 4.69) is 53.2 Å². The van der Waals surface area contributed by atoms with Crippen molar-refractivity contribution in [1.82, 2.24) is 4.57 Å². The van der Waals surface area contributed by atoms with Crippen LogP contribution >= 0.6 is 0 Å². The number of hydrogen-bond acceptors (Lipinski definition) is 1. The maximum Gasteiger partial charge on any atom is 0.255 e. The van der Waals surface area contributed by atoms with E-state index in [9.17, 15) is 4.79 Å². The number of fused-ring (bicyclic) bond motifs is 3. The van der Waals surface area contributed by atoms with Crippen LogP contribution in [0.5, 0.6) is 0 Å². The molecule has 3 nitrogen and oxygen atoms in total. The molecule has 3 aromatic carbocycles. The minimum atomic E-state index is -0.0812. The first-order valence-electron chi connectivity index (χ1n) is 8.56. The smallest absolute Gasteiger partial charge is 0.255 e. The normalized spacial score (nSPS) is 11.1. The molecule has 0 radical (unpaired) electrons. The molecule has 0 unspecified atom stereocenters. The summed E-state index contributed by atoms with van der Waals surface area (Å²) in [6.45, 7) is 5.06. The van der Waals surface area contributed by atoms with E-state index in [0.29, 0.717) is 5.56 Å². The summed E-state index contributed by atoms with van der Waals surface area (Å²) in [7, 11) is 0. The molecule has 1 aromatic heterocycles. The second-order valence-electron chi connectivity index (χ2n) is 6.32. The highest BCUT2D eigenvalue weighted by Gasteiger charge is 2.11. The molecule has 0 aliphatic heterocycles. The molecule has 0 atom stereocenters. The van der Waals surface area contributed by atoms with Crippen molar-refractivity contribution in [3.63, 3.8) is 0 Å². The SMILES string of the molecule is CCn1c2ccccc2c2cc(NC(=O)c3cccc(C)c3)ccc21. The number of rotatable bonds is 3. The zero-order chi connectivity index (χ0) is 17.4. The fourth-order valence-corrected chi connectivity index (χ4v) is 3.46. The lowest BCUT2D eigenvalue weighted by Crippen LogP contribution is -2.11. The Labute approximate surface area is 146 Å². The van der Waals surface area contributed by atoms with E-state index < -0.39 is 0 Å². The summed E-state index contributed by atoms with van der Waals surface area (Å²) in [5.41, 5.74) is 4.99. The maximum atomic E-state index is 12.5. The minimum Gasteiger partial charge on any atom is -0.341 e. The van der Waals surface area contributed by atoms with Crippen molar-refractivity contribution >= 4 is 33.4 Å². The highest BCUT2D eigenvalue weighted by atomic mass is 16.1. The number of carbonyl (C=O) groups excluding carboxylic acids is 1. The summed E-state index contributed by atoms with van der Waals surface area (Å²) in [6, 6.07) is 22.2. The molecule has 4 aromatic rings. The molecule has 0 bridgehead atoms. The number of nitrogens with one attached hydrogen (secondary N) is 1. The monoisotopic (exact) mass is 328 g/mol. The van der Waals surface area contributed by atoms with Gasteiger partial charge in [-0.25, -0.2) is 0 Å². The van der Waals surface area contributed by atoms with Crippen molar-refractivity contribution in [2.24, 2.45) is 0 Å². The number of anilines is 1. The Morgan fingerprint density at radius 1 is 0.920 bits per heavy atom.